The maximum atomic E-state index is 13.0. The van der Waals surface area contributed by atoms with Crippen molar-refractivity contribution in [2.24, 2.45) is 0 Å². The second-order valence-electron chi connectivity index (χ2n) is 5.64. The number of aromatic nitrogens is 4. The molecule has 3 aromatic rings. The van der Waals surface area contributed by atoms with Crippen LogP contribution in [0.5, 0.6) is 0 Å². The Hall–Kier alpha value is -2.57. The molecule has 1 aromatic carbocycles. The van der Waals surface area contributed by atoms with E-state index >= 15 is 0 Å². The number of alkyl halides is 2. The molecule has 0 fully saturated rings. The Kier molecular flexibility index (Phi) is 3.21. The van der Waals surface area contributed by atoms with Gasteiger partial charge in [0.15, 0.2) is 5.65 Å². The van der Waals surface area contributed by atoms with Gasteiger partial charge in [0.2, 0.25) is 5.82 Å². The van der Waals surface area contributed by atoms with Crippen LogP contribution in [-0.4, -0.2) is 26.4 Å². The first-order chi connectivity index (χ1) is 11.1. The molecule has 1 unspecified atom stereocenters. The molecule has 1 atom stereocenters. The zero-order valence-electron chi connectivity index (χ0n) is 12.5. The summed E-state index contributed by atoms with van der Waals surface area (Å²) in [4.78, 5) is 2.12. The van der Waals surface area contributed by atoms with E-state index < -0.39 is 12.2 Å². The third kappa shape index (κ3) is 2.23. The number of benzene rings is 1. The van der Waals surface area contributed by atoms with Crippen LogP contribution in [0.3, 0.4) is 0 Å². The molecule has 0 aliphatic carbocycles. The van der Waals surface area contributed by atoms with Gasteiger partial charge in [-0.15, -0.1) is 15.3 Å². The summed E-state index contributed by atoms with van der Waals surface area (Å²) in [5.74, 6) is 0.230. The molecule has 1 aliphatic rings. The van der Waals surface area contributed by atoms with Crippen molar-refractivity contribution in [3.8, 4) is 0 Å². The number of halogens is 2. The Labute approximate surface area is 131 Å². The number of hydrogen-bond donors (Lipinski definition) is 0. The molecule has 0 radical (unpaired) electrons. The summed E-state index contributed by atoms with van der Waals surface area (Å²) in [5.41, 5.74) is 2.91. The van der Waals surface area contributed by atoms with Gasteiger partial charge < -0.3 is 4.90 Å². The summed E-state index contributed by atoms with van der Waals surface area (Å²) in [6.45, 7) is 2.90. The zero-order chi connectivity index (χ0) is 16.0. The maximum absolute atomic E-state index is 13.0. The van der Waals surface area contributed by atoms with Crippen LogP contribution in [0.4, 0.5) is 14.6 Å². The van der Waals surface area contributed by atoms with Gasteiger partial charge in [0.05, 0.1) is 6.04 Å². The molecule has 3 heterocycles. The highest BCUT2D eigenvalue weighted by atomic mass is 19.3. The molecule has 7 heteroatoms. The van der Waals surface area contributed by atoms with Gasteiger partial charge in [-0.2, -0.15) is 4.52 Å². The van der Waals surface area contributed by atoms with Crippen molar-refractivity contribution in [1.82, 2.24) is 19.8 Å². The fourth-order valence-electron chi connectivity index (χ4n) is 3.17. The third-order valence-electron chi connectivity index (χ3n) is 4.36. The van der Waals surface area contributed by atoms with Crippen LogP contribution >= 0.6 is 0 Å². The summed E-state index contributed by atoms with van der Waals surface area (Å²) in [7, 11) is 0. The topological polar surface area (TPSA) is 46.3 Å². The smallest absolute Gasteiger partial charge is 0.299 e. The highest BCUT2D eigenvalue weighted by molar-refractivity contribution is 5.50. The van der Waals surface area contributed by atoms with Gasteiger partial charge in [0.1, 0.15) is 5.82 Å². The Bertz CT molecular complexity index is 861. The van der Waals surface area contributed by atoms with Crippen LogP contribution in [0.1, 0.15) is 36.3 Å². The van der Waals surface area contributed by atoms with Crippen molar-refractivity contribution >= 4 is 11.5 Å². The highest BCUT2D eigenvalue weighted by Gasteiger charge is 2.25. The first-order valence-electron chi connectivity index (χ1n) is 7.50. The average Bonchev–Trinajstić information content (AvgIpc) is 2.99. The minimum absolute atomic E-state index is 0.136. The van der Waals surface area contributed by atoms with Crippen LogP contribution in [0, 0.1) is 0 Å². The summed E-state index contributed by atoms with van der Waals surface area (Å²) in [6, 6.07) is 11.9. The van der Waals surface area contributed by atoms with Crippen molar-refractivity contribution in [3.63, 3.8) is 0 Å². The Morgan fingerprint density at radius 3 is 2.78 bits per heavy atom. The minimum Gasteiger partial charge on any atom is -0.348 e. The van der Waals surface area contributed by atoms with Gasteiger partial charge in [0.25, 0.3) is 6.43 Å². The molecule has 118 valence electrons. The minimum atomic E-state index is -2.70. The van der Waals surface area contributed by atoms with Crippen molar-refractivity contribution in [2.75, 3.05) is 11.4 Å². The standard InChI is InChI=1S/C16H15F2N5/c1-10-12-5-3-2-4-11(12)8-9-22(10)14-7-6-13-19-20-16(15(17)18)23(13)21-14/h2-7,10,15H,8-9H2,1H3. The van der Waals surface area contributed by atoms with Crippen LogP contribution in [0.25, 0.3) is 5.65 Å². The molecular formula is C16H15F2N5. The quantitative estimate of drug-likeness (QED) is 0.728. The van der Waals surface area contributed by atoms with E-state index in [9.17, 15) is 8.78 Å². The molecule has 5 nitrogen and oxygen atoms in total. The predicted molar refractivity (Wildman–Crippen MR) is 81.6 cm³/mol. The molecule has 0 saturated carbocycles. The lowest BCUT2D eigenvalue weighted by molar-refractivity contribution is 0.137. The summed E-state index contributed by atoms with van der Waals surface area (Å²) in [5, 5.41) is 11.6. The summed E-state index contributed by atoms with van der Waals surface area (Å²) < 4.78 is 27.1. The Balaban J connectivity index is 1.76. The molecule has 0 spiro atoms. The lowest BCUT2D eigenvalue weighted by Gasteiger charge is -2.36. The van der Waals surface area contributed by atoms with Gasteiger partial charge in [-0.05, 0) is 36.6 Å². The summed E-state index contributed by atoms with van der Waals surface area (Å²) in [6.07, 6.45) is -1.79. The number of rotatable bonds is 2. The largest absolute Gasteiger partial charge is 0.348 e. The van der Waals surface area contributed by atoms with Crippen LogP contribution in [-0.2, 0) is 6.42 Å². The van der Waals surface area contributed by atoms with Crippen LogP contribution in [0.2, 0.25) is 0 Å². The highest BCUT2D eigenvalue weighted by Crippen LogP contribution is 2.32. The van der Waals surface area contributed by atoms with E-state index in [0.29, 0.717) is 11.5 Å². The van der Waals surface area contributed by atoms with Crippen molar-refractivity contribution in [3.05, 3.63) is 53.3 Å². The second-order valence-corrected chi connectivity index (χ2v) is 5.64. The van der Waals surface area contributed by atoms with E-state index in [1.807, 2.05) is 18.2 Å². The van der Waals surface area contributed by atoms with Gasteiger partial charge in [-0.1, -0.05) is 24.3 Å². The molecule has 1 aliphatic heterocycles. The Morgan fingerprint density at radius 2 is 1.96 bits per heavy atom. The summed E-state index contributed by atoms with van der Waals surface area (Å²) >= 11 is 0. The first kappa shape index (κ1) is 14.0. The second kappa shape index (κ2) is 5.26. The monoisotopic (exact) mass is 315 g/mol. The first-order valence-corrected chi connectivity index (χ1v) is 7.50. The molecule has 0 saturated heterocycles. The van der Waals surface area contributed by atoms with E-state index in [4.69, 9.17) is 0 Å². The molecule has 23 heavy (non-hydrogen) atoms. The molecule has 0 amide bonds. The average molecular weight is 315 g/mol. The molecule has 0 N–H and O–H groups in total. The zero-order valence-corrected chi connectivity index (χ0v) is 12.5. The fraction of sp³-hybridized carbons (Fsp3) is 0.312. The number of anilines is 1. The lowest BCUT2D eigenvalue weighted by Crippen LogP contribution is -2.34. The van der Waals surface area contributed by atoms with E-state index in [2.05, 4.69) is 39.3 Å². The number of fused-ring (bicyclic) bond motifs is 2. The Morgan fingerprint density at radius 1 is 1.13 bits per heavy atom. The van der Waals surface area contributed by atoms with Crippen molar-refractivity contribution in [2.45, 2.75) is 25.8 Å². The molecule has 0 bridgehead atoms. The maximum Gasteiger partial charge on any atom is 0.299 e. The number of nitrogens with zero attached hydrogens (tertiary/aromatic N) is 5. The van der Waals surface area contributed by atoms with Gasteiger partial charge in [0, 0.05) is 6.54 Å². The van der Waals surface area contributed by atoms with Gasteiger partial charge in [-0.25, -0.2) is 8.78 Å². The lowest BCUT2D eigenvalue weighted by atomic mass is 9.94. The molecular weight excluding hydrogens is 300 g/mol. The normalized spacial score (nSPS) is 17.7. The third-order valence-corrected chi connectivity index (χ3v) is 4.36. The van der Waals surface area contributed by atoms with Crippen molar-refractivity contribution in [1.29, 1.82) is 0 Å². The van der Waals surface area contributed by atoms with Crippen LogP contribution < -0.4 is 4.90 Å². The predicted octanol–water partition coefficient (Wildman–Crippen LogP) is 3.19. The van der Waals surface area contributed by atoms with Crippen LogP contribution in [0.15, 0.2) is 36.4 Å². The van der Waals surface area contributed by atoms with Gasteiger partial charge in [-0.3, -0.25) is 0 Å². The van der Waals surface area contributed by atoms with E-state index in [1.165, 1.54) is 11.1 Å². The van der Waals surface area contributed by atoms with E-state index in [0.717, 1.165) is 17.5 Å². The van der Waals surface area contributed by atoms with E-state index in [1.54, 1.807) is 6.07 Å². The SMILES string of the molecule is CC1c2ccccc2CCN1c1ccc2nnc(C(F)F)n2n1. The molecule has 4 rings (SSSR count). The van der Waals surface area contributed by atoms with Gasteiger partial charge >= 0.3 is 0 Å². The van der Waals surface area contributed by atoms with E-state index in [-0.39, 0.29) is 6.04 Å². The fourth-order valence-corrected chi connectivity index (χ4v) is 3.17. The number of hydrogen-bond acceptors (Lipinski definition) is 4. The van der Waals surface area contributed by atoms with Crippen molar-refractivity contribution < 1.29 is 8.78 Å². The molecule has 2 aromatic heterocycles.